The van der Waals surface area contributed by atoms with Crippen LogP contribution in [0.15, 0.2) is 89.7 Å². The third kappa shape index (κ3) is 8.94. The minimum absolute atomic E-state index is 0.0124. The summed E-state index contributed by atoms with van der Waals surface area (Å²) in [5.41, 5.74) is 4.39. The Balaban J connectivity index is 1.93. The molecular formula is C35H34N6O8. The van der Waals surface area contributed by atoms with Gasteiger partial charge in [-0.2, -0.15) is 0 Å². The predicted octanol–water partition coefficient (Wildman–Crippen LogP) is 6.75. The molecule has 1 unspecified atom stereocenters. The summed E-state index contributed by atoms with van der Waals surface area (Å²) in [5, 5.41) is 24.2. The highest BCUT2D eigenvalue weighted by Crippen LogP contribution is 2.40. The number of carbonyl (C=O) groups is 3. The van der Waals surface area contributed by atoms with Crippen molar-refractivity contribution in [3.63, 3.8) is 0 Å². The fourth-order valence-electron chi connectivity index (χ4n) is 4.78. The van der Waals surface area contributed by atoms with Crippen molar-refractivity contribution in [2.45, 2.75) is 47.3 Å². The molecule has 0 saturated carbocycles. The summed E-state index contributed by atoms with van der Waals surface area (Å²) in [6.45, 7) is 11.5. The van der Waals surface area contributed by atoms with Crippen molar-refractivity contribution in [3.8, 4) is 0 Å². The number of rotatable bonds is 14. The Bertz CT molecular complexity index is 1970. The summed E-state index contributed by atoms with van der Waals surface area (Å²) >= 11 is 0. The first-order valence-electron chi connectivity index (χ1n) is 15.1. The lowest BCUT2D eigenvalue weighted by Gasteiger charge is -2.27. The van der Waals surface area contributed by atoms with Gasteiger partial charge in [0, 0.05) is 60.9 Å². The number of benzene rings is 3. The van der Waals surface area contributed by atoms with Gasteiger partial charge in [0.1, 0.15) is 11.3 Å². The zero-order valence-corrected chi connectivity index (χ0v) is 27.6. The van der Waals surface area contributed by atoms with Gasteiger partial charge in [0.15, 0.2) is 0 Å². The van der Waals surface area contributed by atoms with Gasteiger partial charge in [-0.1, -0.05) is 36.0 Å². The summed E-state index contributed by atoms with van der Waals surface area (Å²) < 4.78 is 10.5. The van der Waals surface area contributed by atoms with E-state index in [9.17, 15) is 24.5 Å². The molecule has 0 N–H and O–H groups in total. The van der Waals surface area contributed by atoms with Crippen LogP contribution in [-0.2, 0) is 23.9 Å². The smallest absolute Gasteiger partial charge is 0.391 e. The maximum absolute atomic E-state index is 13.0. The molecule has 0 amide bonds. The number of nitrogens with zero attached hydrogens (tertiary/aromatic N) is 6. The van der Waals surface area contributed by atoms with Crippen molar-refractivity contribution in [2.24, 2.45) is 10.1 Å². The highest BCUT2D eigenvalue weighted by Gasteiger charge is 2.23. The summed E-state index contributed by atoms with van der Waals surface area (Å²) in [4.78, 5) is 58.1. The molecule has 4 rings (SSSR count). The maximum atomic E-state index is 13.0. The van der Waals surface area contributed by atoms with Gasteiger partial charge in [-0.3, -0.25) is 9.79 Å². The van der Waals surface area contributed by atoms with E-state index in [-0.39, 0.29) is 24.3 Å². The molecule has 1 atom stereocenters. The summed E-state index contributed by atoms with van der Waals surface area (Å²) in [7, 11) is 0. The lowest BCUT2D eigenvalue weighted by Crippen LogP contribution is -2.17. The lowest BCUT2D eigenvalue weighted by atomic mass is 10.0. The predicted molar refractivity (Wildman–Crippen MR) is 183 cm³/mol. The van der Waals surface area contributed by atoms with Gasteiger partial charge in [-0.25, -0.2) is 9.59 Å². The van der Waals surface area contributed by atoms with E-state index in [1.807, 2.05) is 0 Å². The first-order chi connectivity index (χ1) is 23.4. The Morgan fingerprint density at radius 3 is 2.35 bits per heavy atom. The molecule has 49 heavy (non-hydrogen) atoms. The second-order valence-electron chi connectivity index (χ2n) is 10.7. The van der Waals surface area contributed by atoms with Gasteiger partial charge < -0.3 is 29.3 Å². The minimum Gasteiger partial charge on any atom is -0.463 e. The zero-order chi connectivity index (χ0) is 35.7. The van der Waals surface area contributed by atoms with Crippen LogP contribution in [0.5, 0.6) is 0 Å². The van der Waals surface area contributed by atoms with Gasteiger partial charge in [-0.15, -0.1) is 0 Å². The topological polar surface area (TPSA) is 176 Å². The molecule has 0 radical (unpaired) electrons. The van der Waals surface area contributed by atoms with E-state index < -0.39 is 29.0 Å². The molecule has 252 valence electrons. The Morgan fingerprint density at radius 2 is 1.69 bits per heavy atom. The van der Waals surface area contributed by atoms with Crippen LogP contribution in [-0.4, -0.2) is 57.1 Å². The standard InChI is InChI=1S/C35H34N6O8/c1-7-47-25(6)48-35(44)27-9-8-10-29(19-27)40(28-13-11-26(12-14-28)22(3)39-49-24(5)43)32-16-15-30(23(4)36-18-17-21(2)42)31-20-33(41(45)46)37-38-34(31)32/h7-16,19-20,25H,1,17-18H2,2-6H3/b36-23?,39-22-. The van der Waals surface area contributed by atoms with Crippen LogP contribution in [0, 0.1) is 10.1 Å². The number of ether oxygens (including phenoxy) is 2. The zero-order valence-electron chi connectivity index (χ0n) is 27.6. The van der Waals surface area contributed by atoms with E-state index in [0.717, 1.165) is 0 Å². The lowest BCUT2D eigenvalue weighted by molar-refractivity contribution is -0.390. The van der Waals surface area contributed by atoms with Crippen molar-refractivity contribution in [3.05, 3.63) is 106 Å². The fraction of sp³-hybridized carbons (Fsp3) is 0.229. The molecule has 0 aliphatic rings. The SMILES string of the molecule is C=COC(C)OC(=O)c1cccc(N(c2ccc(/C(C)=N\OC(C)=O)cc2)c2ccc(C(C)=NCCC(C)=O)c3cc([N+](=O)[O-])nnc23)c1. The number of esters is 1. The summed E-state index contributed by atoms with van der Waals surface area (Å²) in [6.07, 6.45) is 0.547. The highest BCUT2D eigenvalue weighted by molar-refractivity contribution is 6.12. The molecule has 0 aliphatic heterocycles. The second kappa shape index (κ2) is 16.0. The Labute approximate surface area is 281 Å². The van der Waals surface area contributed by atoms with Crippen molar-refractivity contribution in [1.29, 1.82) is 0 Å². The van der Waals surface area contributed by atoms with Gasteiger partial charge in [-0.05, 0) is 72.8 Å². The third-order valence-electron chi connectivity index (χ3n) is 7.11. The number of nitro groups is 1. The average Bonchev–Trinajstić information content (AvgIpc) is 3.07. The van der Waals surface area contributed by atoms with Gasteiger partial charge in [0.2, 0.25) is 6.29 Å². The maximum Gasteiger partial charge on any atom is 0.391 e. The molecule has 0 saturated heterocycles. The van der Waals surface area contributed by atoms with Crippen molar-refractivity contribution >= 4 is 62.9 Å². The number of fused-ring (bicyclic) bond motifs is 1. The highest BCUT2D eigenvalue weighted by atomic mass is 16.7. The largest absolute Gasteiger partial charge is 0.463 e. The van der Waals surface area contributed by atoms with E-state index in [2.05, 4.69) is 26.9 Å². The van der Waals surface area contributed by atoms with E-state index in [1.54, 1.807) is 86.3 Å². The number of carbonyl (C=O) groups excluding carboxylic acids is 3. The van der Waals surface area contributed by atoms with Gasteiger partial charge in [0.05, 0.1) is 28.3 Å². The quantitative estimate of drug-likeness (QED) is 0.0265. The number of hydrogen-bond donors (Lipinski definition) is 0. The fourth-order valence-corrected chi connectivity index (χ4v) is 4.78. The Kier molecular flexibility index (Phi) is 11.6. The molecule has 3 aromatic carbocycles. The minimum atomic E-state index is -0.878. The number of oxime groups is 1. The number of Topliss-reactive ketones (excluding diaryl/α,β-unsaturated/α-hetero) is 1. The van der Waals surface area contributed by atoms with E-state index in [1.165, 1.54) is 26.2 Å². The first-order valence-corrected chi connectivity index (χ1v) is 15.1. The number of ketones is 1. The van der Waals surface area contributed by atoms with Crippen LogP contribution in [0.3, 0.4) is 0 Å². The Hall–Kier alpha value is -6.31. The van der Waals surface area contributed by atoms with Crippen LogP contribution in [0.1, 0.15) is 62.5 Å². The number of aliphatic imine (C=N–C) groups is 1. The molecule has 1 heterocycles. The van der Waals surface area contributed by atoms with Crippen LogP contribution < -0.4 is 4.90 Å². The van der Waals surface area contributed by atoms with Crippen molar-refractivity contribution < 1.29 is 33.6 Å². The monoisotopic (exact) mass is 666 g/mol. The van der Waals surface area contributed by atoms with E-state index in [4.69, 9.17) is 14.3 Å². The molecule has 14 heteroatoms. The number of anilines is 3. The van der Waals surface area contributed by atoms with E-state index >= 15 is 0 Å². The van der Waals surface area contributed by atoms with Crippen LogP contribution in [0.2, 0.25) is 0 Å². The molecule has 0 spiro atoms. The molecule has 0 bridgehead atoms. The van der Waals surface area contributed by atoms with Gasteiger partial charge >= 0.3 is 17.8 Å². The average molecular weight is 667 g/mol. The third-order valence-corrected chi connectivity index (χ3v) is 7.11. The first kappa shape index (κ1) is 35.5. The number of hydrogen-bond acceptors (Lipinski definition) is 13. The molecule has 14 nitrogen and oxygen atoms in total. The Morgan fingerprint density at radius 1 is 0.959 bits per heavy atom. The van der Waals surface area contributed by atoms with Crippen molar-refractivity contribution in [1.82, 2.24) is 10.2 Å². The molecule has 0 aliphatic carbocycles. The van der Waals surface area contributed by atoms with Crippen molar-refractivity contribution in [2.75, 3.05) is 11.4 Å². The normalized spacial score (nSPS) is 12.2. The van der Waals surface area contributed by atoms with Crippen LogP contribution in [0.4, 0.5) is 22.9 Å². The molecule has 0 fully saturated rings. The second-order valence-corrected chi connectivity index (χ2v) is 10.7. The summed E-state index contributed by atoms with van der Waals surface area (Å²) in [5.74, 6) is -1.67. The van der Waals surface area contributed by atoms with Crippen LogP contribution in [0.25, 0.3) is 10.9 Å². The van der Waals surface area contributed by atoms with E-state index in [0.29, 0.717) is 50.5 Å². The molecule has 1 aromatic heterocycles. The molecule has 4 aromatic rings. The summed E-state index contributed by atoms with van der Waals surface area (Å²) in [6, 6.07) is 18.7. The molecular weight excluding hydrogens is 632 g/mol. The number of aromatic nitrogens is 2. The van der Waals surface area contributed by atoms with Gasteiger partial charge in [0.25, 0.3) is 0 Å². The van der Waals surface area contributed by atoms with Crippen LogP contribution >= 0.6 is 0 Å².